The zero-order valence-electron chi connectivity index (χ0n) is 11.1. The van der Waals surface area contributed by atoms with Crippen molar-refractivity contribution in [3.8, 4) is 0 Å². The molecule has 7 nitrogen and oxygen atoms in total. The number of hydrogen-bond acceptors (Lipinski definition) is 3. The first-order chi connectivity index (χ1) is 8.99. The topological polar surface area (TPSA) is 98.7 Å². The highest BCUT2D eigenvalue weighted by Crippen LogP contribution is 2.16. The van der Waals surface area contributed by atoms with E-state index in [9.17, 15) is 14.4 Å². The minimum atomic E-state index is -1.08. The van der Waals surface area contributed by atoms with Crippen molar-refractivity contribution in [3.63, 3.8) is 0 Å². The summed E-state index contributed by atoms with van der Waals surface area (Å²) in [5.41, 5.74) is 0. The van der Waals surface area contributed by atoms with Crippen LogP contribution in [0.1, 0.15) is 32.1 Å². The molecular formula is C12H21N3O4. The van der Waals surface area contributed by atoms with Crippen molar-refractivity contribution in [2.24, 2.45) is 0 Å². The van der Waals surface area contributed by atoms with Gasteiger partial charge in [0.15, 0.2) is 0 Å². The first-order valence-electron chi connectivity index (χ1n) is 6.49. The van der Waals surface area contributed by atoms with E-state index in [0.29, 0.717) is 0 Å². The highest BCUT2D eigenvalue weighted by Gasteiger charge is 2.17. The van der Waals surface area contributed by atoms with Crippen molar-refractivity contribution in [1.29, 1.82) is 0 Å². The smallest absolute Gasteiger partial charge is 0.323 e. The van der Waals surface area contributed by atoms with Crippen molar-refractivity contribution in [2.45, 2.75) is 38.1 Å². The molecule has 0 radical (unpaired) electrons. The minimum Gasteiger partial charge on any atom is -0.480 e. The fraction of sp³-hybridized carbons (Fsp3) is 0.750. The van der Waals surface area contributed by atoms with E-state index >= 15 is 0 Å². The molecular weight excluding hydrogens is 250 g/mol. The molecule has 1 fully saturated rings. The van der Waals surface area contributed by atoms with Crippen LogP contribution in [-0.2, 0) is 9.59 Å². The van der Waals surface area contributed by atoms with Crippen LogP contribution in [0.4, 0.5) is 4.79 Å². The van der Waals surface area contributed by atoms with Gasteiger partial charge in [0.2, 0.25) is 5.91 Å². The Morgan fingerprint density at radius 1 is 1.21 bits per heavy atom. The number of hydrogen-bond donors (Lipinski definition) is 3. The summed E-state index contributed by atoms with van der Waals surface area (Å²) in [4.78, 5) is 34.5. The first kappa shape index (κ1) is 15.3. The summed E-state index contributed by atoms with van der Waals surface area (Å²) in [6, 6.07) is -0.190. The molecule has 0 bridgehead atoms. The number of nitrogens with zero attached hydrogens (tertiary/aromatic N) is 1. The molecule has 0 atom stereocenters. The van der Waals surface area contributed by atoms with Gasteiger partial charge < -0.3 is 20.6 Å². The zero-order valence-corrected chi connectivity index (χ0v) is 11.1. The van der Waals surface area contributed by atoms with Crippen molar-refractivity contribution < 1.29 is 19.5 Å². The second-order valence-electron chi connectivity index (χ2n) is 4.81. The Morgan fingerprint density at radius 3 is 2.42 bits per heavy atom. The Hall–Kier alpha value is -1.79. The largest absolute Gasteiger partial charge is 0.480 e. The van der Waals surface area contributed by atoms with Gasteiger partial charge in [0, 0.05) is 13.1 Å². The summed E-state index contributed by atoms with van der Waals surface area (Å²) < 4.78 is 0. The summed E-state index contributed by atoms with van der Waals surface area (Å²) in [5, 5.41) is 13.8. The fourth-order valence-electron chi connectivity index (χ4n) is 2.07. The van der Waals surface area contributed by atoms with Gasteiger partial charge in [0.25, 0.3) is 0 Å². The number of likely N-dealkylation sites (N-methyl/N-ethyl adjacent to an activating group) is 1. The third kappa shape index (κ3) is 6.08. The molecule has 3 amide bonds. The number of nitrogens with one attached hydrogen (secondary N) is 2. The monoisotopic (exact) mass is 271 g/mol. The Bertz CT molecular complexity index is 340. The third-order valence-corrected chi connectivity index (χ3v) is 3.14. The second kappa shape index (κ2) is 7.60. The highest BCUT2D eigenvalue weighted by atomic mass is 16.4. The van der Waals surface area contributed by atoms with Gasteiger partial charge in [-0.2, -0.15) is 0 Å². The number of carbonyl (C=O) groups is 3. The summed E-state index contributed by atoms with van der Waals surface area (Å²) in [6.07, 6.45) is 5.38. The van der Waals surface area contributed by atoms with E-state index in [2.05, 4.69) is 10.6 Å². The molecule has 1 rings (SSSR count). The van der Waals surface area contributed by atoms with E-state index < -0.39 is 11.9 Å². The Balaban J connectivity index is 2.21. The zero-order chi connectivity index (χ0) is 14.3. The van der Waals surface area contributed by atoms with E-state index in [4.69, 9.17) is 5.11 Å². The van der Waals surface area contributed by atoms with Crippen LogP contribution in [-0.4, -0.2) is 54.1 Å². The summed E-state index contributed by atoms with van der Waals surface area (Å²) in [5.74, 6) is -1.51. The van der Waals surface area contributed by atoms with Crippen molar-refractivity contribution in [2.75, 3.05) is 20.1 Å². The molecule has 0 aromatic heterocycles. The molecule has 0 saturated heterocycles. The number of urea groups is 1. The van der Waals surface area contributed by atoms with Crippen LogP contribution in [0.5, 0.6) is 0 Å². The highest BCUT2D eigenvalue weighted by molar-refractivity contribution is 5.86. The van der Waals surface area contributed by atoms with Crippen LogP contribution in [0, 0.1) is 0 Å². The Labute approximate surface area is 112 Å². The molecule has 0 aromatic carbocycles. The fourth-order valence-corrected chi connectivity index (χ4v) is 2.07. The molecule has 0 unspecified atom stereocenters. The maximum atomic E-state index is 11.6. The standard InChI is InChI=1S/C12H21N3O4/c1-15(8-11(17)18)10(16)7-13-12(19)14-9-5-3-2-4-6-9/h9H,2-8H2,1H3,(H,17,18)(H2,13,14,19). The van der Waals surface area contributed by atoms with Gasteiger partial charge in [-0.1, -0.05) is 19.3 Å². The molecule has 1 aliphatic carbocycles. The predicted octanol–water partition coefficient (Wildman–Crippen LogP) is 0.161. The number of aliphatic carboxylic acids is 1. The van der Waals surface area contributed by atoms with Gasteiger partial charge in [0.1, 0.15) is 6.54 Å². The Kier molecular flexibility index (Phi) is 6.11. The van der Waals surface area contributed by atoms with Gasteiger partial charge >= 0.3 is 12.0 Å². The maximum absolute atomic E-state index is 11.6. The lowest BCUT2D eigenvalue weighted by molar-refractivity contribution is -0.143. The lowest BCUT2D eigenvalue weighted by Crippen LogP contribution is -2.47. The van der Waals surface area contributed by atoms with Crippen LogP contribution >= 0.6 is 0 Å². The Morgan fingerprint density at radius 2 is 1.84 bits per heavy atom. The molecule has 19 heavy (non-hydrogen) atoms. The van der Waals surface area contributed by atoms with Crippen LogP contribution in [0.3, 0.4) is 0 Å². The van der Waals surface area contributed by atoms with E-state index in [1.807, 2.05) is 0 Å². The number of carboxylic acids is 1. The summed E-state index contributed by atoms with van der Waals surface area (Å²) in [6.45, 7) is -0.562. The summed E-state index contributed by atoms with van der Waals surface area (Å²) in [7, 11) is 1.39. The van der Waals surface area contributed by atoms with Crippen molar-refractivity contribution >= 4 is 17.9 Å². The van der Waals surface area contributed by atoms with Gasteiger partial charge in [-0.15, -0.1) is 0 Å². The van der Waals surface area contributed by atoms with E-state index in [-0.39, 0.29) is 25.2 Å². The third-order valence-electron chi connectivity index (χ3n) is 3.14. The number of carboxylic acid groups (broad SMARTS) is 1. The molecule has 3 N–H and O–H groups in total. The second-order valence-corrected chi connectivity index (χ2v) is 4.81. The first-order valence-corrected chi connectivity index (χ1v) is 6.49. The van der Waals surface area contributed by atoms with E-state index in [0.717, 1.165) is 30.6 Å². The quantitative estimate of drug-likeness (QED) is 0.663. The van der Waals surface area contributed by atoms with Gasteiger partial charge in [-0.25, -0.2) is 4.79 Å². The van der Waals surface area contributed by atoms with Crippen LogP contribution in [0.15, 0.2) is 0 Å². The molecule has 7 heteroatoms. The van der Waals surface area contributed by atoms with Crippen molar-refractivity contribution in [3.05, 3.63) is 0 Å². The molecule has 1 saturated carbocycles. The number of rotatable bonds is 5. The van der Waals surface area contributed by atoms with E-state index in [1.165, 1.54) is 13.5 Å². The lowest BCUT2D eigenvalue weighted by Gasteiger charge is -2.23. The van der Waals surface area contributed by atoms with Gasteiger partial charge in [-0.3, -0.25) is 9.59 Å². The van der Waals surface area contributed by atoms with Crippen LogP contribution < -0.4 is 10.6 Å². The molecule has 0 aliphatic heterocycles. The van der Waals surface area contributed by atoms with Crippen LogP contribution in [0.25, 0.3) is 0 Å². The van der Waals surface area contributed by atoms with Crippen molar-refractivity contribution in [1.82, 2.24) is 15.5 Å². The molecule has 0 aromatic rings. The predicted molar refractivity (Wildman–Crippen MR) is 68.7 cm³/mol. The van der Waals surface area contributed by atoms with E-state index in [1.54, 1.807) is 0 Å². The SMILES string of the molecule is CN(CC(=O)O)C(=O)CNC(=O)NC1CCCCC1. The minimum absolute atomic E-state index is 0.181. The molecule has 108 valence electrons. The molecule has 0 spiro atoms. The molecule has 1 aliphatic rings. The molecule has 0 heterocycles. The number of carbonyl (C=O) groups excluding carboxylic acids is 2. The van der Waals surface area contributed by atoms with Gasteiger partial charge in [0.05, 0.1) is 6.54 Å². The summed E-state index contributed by atoms with van der Waals surface area (Å²) >= 11 is 0. The maximum Gasteiger partial charge on any atom is 0.323 e. The van der Waals surface area contributed by atoms with Gasteiger partial charge in [-0.05, 0) is 12.8 Å². The lowest BCUT2D eigenvalue weighted by atomic mass is 9.96. The average Bonchev–Trinajstić information content (AvgIpc) is 2.36. The number of amides is 3. The normalized spacial score (nSPS) is 15.6. The average molecular weight is 271 g/mol. The van der Waals surface area contributed by atoms with Crippen LogP contribution in [0.2, 0.25) is 0 Å².